The molecule has 0 saturated carbocycles. The van der Waals surface area contributed by atoms with Crippen molar-refractivity contribution in [3.05, 3.63) is 47.9 Å². The highest BCUT2D eigenvalue weighted by atomic mass is 127. The zero-order valence-corrected chi connectivity index (χ0v) is 20.4. The zero-order valence-electron chi connectivity index (χ0n) is 18.1. The summed E-state index contributed by atoms with van der Waals surface area (Å²) in [6.45, 7) is 3.68. The van der Waals surface area contributed by atoms with Gasteiger partial charge in [-0.3, -0.25) is 9.89 Å². The third kappa shape index (κ3) is 7.08. The molecule has 3 rings (SSSR count). The van der Waals surface area contributed by atoms with Crippen LogP contribution in [0.3, 0.4) is 0 Å². The molecule has 1 aromatic carbocycles. The quantitative estimate of drug-likeness (QED) is 0.221. The van der Waals surface area contributed by atoms with E-state index in [0.717, 1.165) is 30.4 Å². The van der Waals surface area contributed by atoms with Crippen LogP contribution in [0.15, 0.2) is 46.0 Å². The van der Waals surface area contributed by atoms with Crippen LogP contribution < -0.4 is 20.1 Å². The standard InChI is InChI=1S/C23H30N4O3.HI/c1-4-13-29-22-15-18(9-10-21(22)28-3)16-25-23(24-2)26-17-19(20-8-7-14-30-20)27-11-5-6-12-27;/h1,7-10,14-15,19H,5-6,11-13,16-17H2,2-3H3,(H2,24,25,26);1H. The van der Waals surface area contributed by atoms with Gasteiger partial charge in [-0.2, -0.15) is 0 Å². The fourth-order valence-electron chi connectivity index (χ4n) is 3.61. The van der Waals surface area contributed by atoms with E-state index in [4.69, 9.17) is 20.3 Å². The van der Waals surface area contributed by atoms with Crippen molar-refractivity contribution >= 4 is 29.9 Å². The van der Waals surface area contributed by atoms with Crippen molar-refractivity contribution in [3.8, 4) is 23.8 Å². The van der Waals surface area contributed by atoms with Crippen molar-refractivity contribution < 1.29 is 13.9 Å². The first kappa shape index (κ1) is 24.9. The zero-order chi connectivity index (χ0) is 21.2. The molecule has 2 N–H and O–H groups in total. The molecule has 1 aliphatic heterocycles. The van der Waals surface area contributed by atoms with Crippen LogP contribution in [0.2, 0.25) is 0 Å². The van der Waals surface area contributed by atoms with Crippen LogP contribution in [0.5, 0.6) is 11.5 Å². The Morgan fingerprint density at radius 1 is 1.26 bits per heavy atom. The molecule has 1 unspecified atom stereocenters. The van der Waals surface area contributed by atoms with E-state index in [0.29, 0.717) is 24.6 Å². The number of aliphatic imine (C=N–C) groups is 1. The van der Waals surface area contributed by atoms with Gasteiger partial charge >= 0.3 is 0 Å². The van der Waals surface area contributed by atoms with Crippen LogP contribution in [0, 0.1) is 12.3 Å². The Hall–Kier alpha value is -2.38. The predicted molar refractivity (Wildman–Crippen MR) is 133 cm³/mol. The van der Waals surface area contributed by atoms with Crippen LogP contribution in [0.4, 0.5) is 0 Å². The van der Waals surface area contributed by atoms with Gasteiger partial charge in [0.05, 0.1) is 19.4 Å². The maximum atomic E-state index is 5.69. The van der Waals surface area contributed by atoms with E-state index < -0.39 is 0 Å². The molecule has 0 amide bonds. The minimum atomic E-state index is 0. The van der Waals surface area contributed by atoms with Gasteiger partial charge in [0.2, 0.25) is 0 Å². The molecular formula is C23H31IN4O3. The summed E-state index contributed by atoms with van der Waals surface area (Å²) in [6.07, 6.45) is 9.49. The topological polar surface area (TPSA) is 71.3 Å². The number of ether oxygens (including phenoxy) is 2. The molecule has 2 aromatic rings. The van der Waals surface area contributed by atoms with Crippen molar-refractivity contribution in [1.29, 1.82) is 0 Å². The molecule has 1 atom stereocenters. The molecule has 8 heteroatoms. The summed E-state index contributed by atoms with van der Waals surface area (Å²) in [7, 11) is 3.38. The highest BCUT2D eigenvalue weighted by Crippen LogP contribution is 2.28. The Labute approximate surface area is 201 Å². The third-order valence-corrected chi connectivity index (χ3v) is 5.14. The van der Waals surface area contributed by atoms with Crippen molar-refractivity contribution in [1.82, 2.24) is 15.5 Å². The smallest absolute Gasteiger partial charge is 0.191 e. The molecule has 1 aliphatic rings. The highest BCUT2D eigenvalue weighted by molar-refractivity contribution is 14.0. The molecule has 1 saturated heterocycles. The molecule has 0 aliphatic carbocycles. The Bertz CT molecular complexity index is 858. The lowest BCUT2D eigenvalue weighted by Gasteiger charge is -2.26. The van der Waals surface area contributed by atoms with E-state index in [9.17, 15) is 0 Å². The second kappa shape index (κ2) is 13.1. The number of terminal acetylenes is 1. The van der Waals surface area contributed by atoms with Gasteiger partial charge in [0.15, 0.2) is 17.5 Å². The first-order chi connectivity index (χ1) is 14.7. The Morgan fingerprint density at radius 2 is 2.06 bits per heavy atom. The number of benzene rings is 1. The number of hydrogen-bond donors (Lipinski definition) is 2. The first-order valence-corrected chi connectivity index (χ1v) is 10.2. The molecule has 7 nitrogen and oxygen atoms in total. The summed E-state index contributed by atoms with van der Waals surface area (Å²) in [6, 6.07) is 9.94. The lowest BCUT2D eigenvalue weighted by atomic mass is 10.2. The van der Waals surface area contributed by atoms with Crippen molar-refractivity contribution in [2.75, 3.05) is 40.4 Å². The molecule has 0 spiro atoms. The highest BCUT2D eigenvalue weighted by Gasteiger charge is 2.25. The van der Waals surface area contributed by atoms with Gasteiger partial charge in [0.1, 0.15) is 12.4 Å². The molecule has 168 valence electrons. The number of nitrogens with one attached hydrogen (secondary N) is 2. The van der Waals surface area contributed by atoms with Crippen molar-refractivity contribution in [2.45, 2.75) is 25.4 Å². The number of guanidine groups is 1. The van der Waals surface area contributed by atoms with E-state index in [1.807, 2.05) is 30.3 Å². The maximum absolute atomic E-state index is 5.69. The fourth-order valence-corrected chi connectivity index (χ4v) is 3.61. The van der Waals surface area contributed by atoms with Gasteiger partial charge in [0.25, 0.3) is 0 Å². The van der Waals surface area contributed by atoms with E-state index >= 15 is 0 Å². The van der Waals surface area contributed by atoms with Gasteiger partial charge in [-0.15, -0.1) is 30.4 Å². The van der Waals surface area contributed by atoms with E-state index in [1.165, 1.54) is 12.8 Å². The molecule has 0 radical (unpaired) electrons. The van der Waals surface area contributed by atoms with E-state index in [-0.39, 0.29) is 36.6 Å². The number of hydrogen-bond acceptors (Lipinski definition) is 5. The monoisotopic (exact) mass is 538 g/mol. The number of rotatable bonds is 9. The van der Waals surface area contributed by atoms with Crippen molar-refractivity contribution in [3.63, 3.8) is 0 Å². The summed E-state index contributed by atoms with van der Waals surface area (Å²) in [4.78, 5) is 6.81. The SMILES string of the molecule is C#CCOc1cc(CNC(=NC)NCC(c2ccco2)N2CCCC2)ccc1OC.I. The van der Waals surface area contributed by atoms with Crippen LogP contribution in [-0.2, 0) is 6.54 Å². The average Bonchev–Trinajstić information content (AvgIpc) is 3.49. The normalized spacial score (nSPS) is 14.9. The number of methoxy groups -OCH3 is 1. The van der Waals surface area contributed by atoms with Crippen LogP contribution in [0.25, 0.3) is 0 Å². The summed E-state index contributed by atoms with van der Waals surface area (Å²) in [5.41, 5.74) is 1.04. The van der Waals surface area contributed by atoms with Gasteiger partial charge in [0, 0.05) is 20.1 Å². The lowest BCUT2D eigenvalue weighted by Crippen LogP contribution is -2.42. The molecular weight excluding hydrogens is 507 g/mol. The van der Waals surface area contributed by atoms with Crippen LogP contribution in [-0.4, -0.2) is 51.3 Å². The predicted octanol–water partition coefficient (Wildman–Crippen LogP) is 3.42. The first-order valence-electron chi connectivity index (χ1n) is 10.2. The molecule has 31 heavy (non-hydrogen) atoms. The average molecular weight is 538 g/mol. The van der Waals surface area contributed by atoms with Gasteiger partial charge < -0.3 is 24.5 Å². The molecule has 1 aromatic heterocycles. The second-order valence-electron chi connectivity index (χ2n) is 7.06. The molecule has 1 fully saturated rings. The van der Waals surface area contributed by atoms with Crippen LogP contribution in [0.1, 0.15) is 30.2 Å². The van der Waals surface area contributed by atoms with E-state index in [2.05, 4.69) is 26.4 Å². The van der Waals surface area contributed by atoms with Crippen LogP contribution >= 0.6 is 24.0 Å². The largest absolute Gasteiger partial charge is 0.493 e. The Balaban J connectivity index is 0.00000341. The fraction of sp³-hybridized carbons (Fsp3) is 0.435. The minimum Gasteiger partial charge on any atom is -0.493 e. The lowest BCUT2D eigenvalue weighted by molar-refractivity contribution is 0.215. The number of halogens is 1. The summed E-state index contributed by atoms with van der Waals surface area (Å²) < 4.78 is 16.6. The third-order valence-electron chi connectivity index (χ3n) is 5.14. The van der Waals surface area contributed by atoms with E-state index in [1.54, 1.807) is 20.4 Å². The van der Waals surface area contributed by atoms with Gasteiger partial charge in [-0.1, -0.05) is 12.0 Å². The Morgan fingerprint density at radius 3 is 2.71 bits per heavy atom. The maximum Gasteiger partial charge on any atom is 0.191 e. The summed E-state index contributed by atoms with van der Waals surface area (Å²) in [5.74, 6) is 5.47. The van der Waals surface area contributed by atoms with Crippen molar-refractivity contribution in [2.24, 2.45) is 4.99 Å². The molecule has 0 bridgehead atoms. The number of nitrogens with zero attached hydrogens (tertiary/aromatic N) is 2. The van der Waals surface area contributed by atoms with Gasteiger partial charge in [-0.05, 0) is 55.8 Å². The Kier molecular flexibility index (Phi) is 10.5. The second-order valence-corrected chi connectivity index (χ2v) is 7.06. The summed E-state index contributed by atoms with van der Waals surface area (Å²) >= 11 is 0. The number of furan rings is 1. The minimum absolute atomic E-state index is 0. The van der Waals surface area contributed by atoms with Gasteiger partial charge in [-0.25, -0.2) is 0 Å². The molecule has 2 heterocycles. The summed E-state index contributed by atoms with van der Waals surface area (Å²) in [5, 5.41) is 6.78. The number of likely N-dealkylation sites (tertiary alicyclic amines) is 1.